The molecule has 2 N–H and O–H groups in total. The molecule has 0 saturated heterocycles. The summed E-state index contributed by atoms with van der Waals surface area (Å²) in [4.78, 5) is 29.3. The van der Waals surface area contributed by atoms with Crippen molar-refractivity contribution in [3.63, 3.8) is 0 Å². The van der Waals surface area contributed by atoms with Gasteiger partial charge < -0.3 is 19.7 Å². The zero-order chi connectivity index (χ0) is 23.9. The normalized spacial score (nSPS) is 27.3. The van der Waals surface area contributed by atoms with Gasteiger partial charge in [-0.05, 0) is 62.6 Å². The molecular weight excluding hydrogens is 456 g/mol. The van der Waals surface area contributed by atoms with E-state index in [-0.39, 0.29) is 42.2 Å². The number of anilines is 1. The highest BCUT2D eigenvalue weighted by molar-refractivity contribution is 6.31. The number of alkyl halides is 1. The first-order valence-corrected chi connectivity index (χ1v) is 11.3. The Balaban J connectivity index is 1.47. The highest BCUT2D eigenvalue weighted by Crippen LogP contribution is 2.55. The van der Waals surface area contributed by atoms with Gasteiger partial charge in [-0.1, -0.05) is 11.6 Å². The number of esters is 1. The minimum Gasteiger partial charge on any atom is -0.464 e. The van der Waals surface area contributed by atoms with Crippen molar-refractivity contribution in [1.29, 1.82) is 0 Å². The Kier molecular flexibility index (Phi) is 6.46. The van der Waals surface area contributed by atoms with Gasteiger partial charge in [0, 0.05) is 18.7 Å². The second-order valence-electron chi connectivity index (χ2n) is 8.99. The van der Waals surface area contributed by atoms with E-state index >= 15 is 0 Å². The number of aromatic nitrogens is 2. The minimum absolute atomic E-state index is 0.0153. The predicted octanol–water partition coefficient (Wildman–Crippen LogP) is 4.00. The molecule has 1 amide bonds. The van der Waals surface area contributed by atoms with Crippen molar-refractivity contribution < 1.29 is 28.2 Å². The van der Waals surface area contributed by atoms with Crippen LogP contribution in [0.25, 0.3) is 0 Å². The Morgan fingerprint density at radius 2 is 2.03 bits per heavy atom. The number of amides is 1. The molecular formula is C23H26ClF2N3O4. The zero-order valence-electron chi connectivity index (χ0n) is 18.4. The molecule has 2 fully saturated rings. The number of halogens is 3. The van der Waals surface area contributed by atoms with Gasteiger partial charge in [-0.15, -0.1) is 0 Å². The Hall–Kier alpha value is -2.52. The van der Waals surface area contributed by atoms with E-state index in [1.165, 1.54) is 18.2 Å². The molecule has 4 rings (SSSR count). The molecule has 0 aliphatic heterocycles. The third kappa shape index (κ3) is 4.48. The molecule has 2 aromatic rings. The number of fused-ring (bicyclic) bond motifs is 1. The average Bonchev–Trinajstić information content (AvgIpc) is 3.41. The Bertz CT molecular complexity index is 1060. The third-order valence-corrected chi connectivity index (χ3v) is 7.07. The number of imidazole rings is 1. The fourth-order valence-corrected chi connectivity index (χ4v) is 5.54. The Morgan fingerprint density at radius 1 is 1.36 bits per heavy atom. The molecule has 178 valence electrons. The molecule has 7 nitrogen and oxygen atoms in total. The first-order chi connectivity index (χ1) is 15.6. The van der Waals surface area contributed by atoms with Gasteiger partial charge >= 0.3 is 5.97 Å². The van der Waals surface area contributed by atoms with Crippen LogP contribution in [0, 0.1) is 17.7 Å². The number of hydrogen-bond donors (Lipinski definition) is 2. The van der Waals surface area contributed by atoms with Crippen LogP contribution in [0.15, 0.2) is 24.5 Å². The van der Waals surface area contributed by atoms with Crippen LogP contribution in [0.4, 0.5) is 14.5 Å². The molecule has 10 heteroatoms. The van der Waals surface area contributed by atoms with Crippen molar-refractivity contribution >= 4 is 29.2 Å². The molecule has 2 aliphatic carbocycles. The second kappa shape index (κ2) is 9.02. The van der Waals surface area contributed by atoms with Crippen LogP contribution in [0.5, 0.6) is 0 Å². The number of nitrogens with one attached hydrogen (secondary N) is 1. The molecule has 1 aromatic carbocycles. The fourth-order valence-electron chi connectivity index (χ4n) is 5.36. The van der Waals surface area contributed by atoms with Gasteiger partial charge in [-0.2, -0.15) is 0 Å². The van der Waals surface area contributed by atoms with E-state index in [1.807, 2.05) is 0 Å². The number of ether oxygens (including phenoxy) is 1. The maximum Gasteiger partial charge on any atom is 0.343 e. The van der Waals surface area contributed by atoms with Crippen molar-refractivity contribution in [2.45, 2.75) is 50.3 Å². The van der Waals surface area contributed by atoms with Crippen LogP contribution in [0.1, 0.15) is 54.7 Å². The highest BCUT2D eigenvalue weighted by atomic mass is 35.5. The van der Waals surface area contributed by atoms with E-state index in [1.54, 1.807) is 24.9 Å². The van der Waals surface area contributed by atoms with Gasteiger partial charge in [0.1, 0.15) is 17.1 Å². The number of aryl methyl sites for hydroxylation is 1. The number of aliphatic hydroxyl groups is 1. The van der Waals surface area contributed by atoms with Crippen LogP contribution in [-0.4, -0.2) is 44.9 Å². The van der Waals surface area contributed by atoms with Gasteiger partial charge in [0.05, 0.1) is 23.7 Å². The fraction of sp³-hybridized carbons (Fsp3) is 0.522. The predicted molar refractivity (Wildman–Crippen MR) is 117 cm³/mol. The van der Waals surface area contributed by atoms with Gasteiger partial charge in [0.15, 0.2) is 0 Å². The maximum absolute atomic E-state index is 14.6. The van der Waals surface area contributed by atoms with Gasteiger partial charge in [0.2, 0.25) is 6.17 Å². The highest BCUT2D eigenvalue weighted by Gasteiger charge is 2.55. The van der Waals surface area contributed by atoms with Crippen LogP contribution in [0.2, 0.25) is 5.02 Å². The number of nitrogens with zero attached hydrogens (tertiary/aromatic N) is 2. The topological polar surface area (TPSA) is 93.4 Å². The van der Waals surface area contributed by atoms with Crippen molar-refractivity contribution in [3.8, 4) is 0 Å². The summed E-state index contributed by atoms with van der Waals surface area (Å²) in [6, 6.07) is 3.94. The molecule has 33 heavy (non-hydrogen) atoms. The summed E-state index contributed by atoms with van der Waals surface area (Å²) < 4.78 is 34.4. The summed E-state index contributed by atoms with van der Waals surface area (Å²) in [6.07, 6.45) is 1.07. The molecule has 0 bridgehead atoms. The smallest absolute Gasteiger partial charge is 0.343 e. The first-order valence-electron chi connectivity index (χ1n) is 10.9. The van der Waals surface area contributed by atoms with Crippen LogP contribution < -0.4 is 5.32 Å². The summed E-state index contributed by atoms with van der Waals surface area (Å²) >= 11 is 5.81. The van der Waals surface area contributed by atoms with Crippen LogP contribution >= 0.6 is 11.6 Å². The molecule has 2 saturated carbocycles. The number of benzene rings is 1. The van der Waals surface area contributed by atoms with Crippen molar-refractivity contribution in [1.82, 2.24) is 9.55 Å². The van der Waals surface area contributed by atoms with Crippen LogP contribution in [-0.2, 0) is 16.6 Å². The molecule has 1 heterocycles. The molecule has 2 aliphatic rings. The number of rotatable bonds is 6. The van der Waals surface area contributed by atoms with E-state index in [2.05, 4.69) is 10.3 Å². The number of hydrogen-bond acceptors (Lipinski definition) is 5. The monoisotopic (exact) mass is 481 g/mol. The van der Waals surface area contributed by atoms with Gasteiger partial charge in [0.25, 0.3) is 5.91 Å². The molecule has 0 radical (unpaired) electrons. The van der Waals surface area contributed by atoms with Crippen molar-refractivity contribution in [3.05, 3.63) is 46.8 Å². The zero-order valence-corrected chi connectivity index (χ0v) is 19.1. The first kappa shape index (κ1) is 23.6. The lowest BCUT2D eigenvalue weighted by Gasteiger charge is -2.27. The van der Waals surface area contributed by atoms with Gasteiger partial charge in [-0.3, -0.25) is 4.79 Å². The second-order valence-corrected chi connectivity index (χ2v) is 9.39. The molecule has 0 spiro atoms. The standard InChI is InChI=1S/C23H26ClF2N3O4/c1-3-33-22(31)20(26)23(32)9-13-6-12(7-14(13)10-23)18-19(29(2)11-27-18)21(30)28-15-4-5-17(25)16(24)8-15/h4-5,8,11-14,20,32H,3,6-7,9-10H2,1-2H3,(H,28,30). The minimum atomic E-state index is -2.07. The summed E-state index contributed by atoms with van der Waals surface area (Å²) in [5, 5.41) is 13.4. The molecule has 3 unspecified atom stereocenters. The summed E-state index contributed by atoms with van der Waals surface area (Å²) in [5.41, 5.74) is -0.354. The van der Waals surface area contributed by atoms with E-state index in [0.717, 1.165) is 0 Å². The van der Waals surface area contributed by atoms with Crippen molar-refractivity contribution in [2.24, 2.45) is 18.9 Å². The lowest BCUT2D eigenvalue weighted by Crippen LogP contribution is -2.43. The molecule has 3 atom stereocenters. The van der Waals surface area contributed by atoms with E-state index in [0.29, 0.717) is 29.9 Å². The summed E-state index contributed by atoms with van der Waals surface area (Å²) in [5.74, 6) is -2.01. The van der Waals surface area contributed by atoms with Crippen LogP contribution in [0.3, 0.4) is 0 Å². The van der Waals surface area contributed by atoms with E-state index in [4.69, 9.17) is 16.3 Å². The SMILES string of the molecule is CCOC(=O)C(F)C1(O)CC2CC(c3ncn(C)c3C(=O)Nc3ccc(F)c(Cl)c3)CC2C1. The average molecular weight is 482 g/mol. The summed E-state index contributed by atoms with van der Waals surface area (Å²) in [7, 11) is 1.71. The van der Waals surface area contributed by atoms with E-state index < -0.39 is 29.5 Å². The number of carbonyl (C=O) groups is 2. The van der Waals surface area contributed by atoms with E-state index in [9.17, 15) is 23.5 Å². The largest absolute Gasteiger partial charge is 0.464 e. The lowest BCUT2D eigenvalue weighted by atomic mass is 9.89. The Morgan fingerprint density at radius 3 is 2.64 bits per heavy atom. The lowest BCUT2D eigenvalue weighted by molar-refractivity contribution is -0.160. The third-order valence-electron chi connectivity index (χ3n) is 6.78. The Labute approximate surface area is 195 Å². The maximum atomic E-state index is 14.6. The number of carbonyl (C=O) groups excluding carboxylic acids is 2. The quantitative estimate of drug-likeness (QED) is 0.608. The van der Waals surface area contributed by atoms with Crippen molar-refractivity contribution in [2.75, 3.05) is 11.9 Å². The summed E-state index contributed by atoms with van der Waals surface area (Å²) in [6.45, 7) is 1.65. The van der Waals surface area contributed by atoms with Gasteiger partial charge in [-0.25, -0.2) is 18.6 Å². The molecule has 1 aromatic heterocycles.